The van der Waals surface area contributed by atoms with Gasteiger partial charge < -0.3 is 10.1 Å². The Morgan fingerprint density at radius 2 is 1.70 bits per heavy atom. The number of pyridine rings is 1. The fourth-order valence-corrected chi connectivity index (χ4v) is 2.87. The summed E-state index contributed by atoms with van der Waals surface area (Å²) >= 11 is 0. The van der Waals surface area contributed by atoms with Crippen LogP contribution in [0.4, 0.5) is 0 Å². The number of nitrogens with one attached hydrogen (secondary N) is 1. The lowest BCUT2D eigenvalue weighted by Crippen LogP contribution is -2.24. The molecule has 0 aliphatic heterocycles. The zero-order valence-electron chi connectivity index (χ0n) is 16.4. The van der Waals surface area contributed by atoms with Crippen LogP contribution >= 0.6 is 0 Å². The number of benzene rings is 2. The van der Waals surface area contributed by atoms with Crippen molar-refractivity contribution >= 4 is 5.91 Å². The summed E-state index contributed by atoms with van der Waals surface area (Å²) in [5.74, 6) is 0.995. The second-order valence-corrected chi connectivity index (χ2v) is 6.65. The maximum Gasteiger partial charge on any atom is 0.258 e. The van der Waals surface area contributed by atoms with E-state index in [2.05, 4.69) is 20.3 Å². The van der Waals surface area contributed by atoms with Crippen LogP contribution in [0.1, 0.15) is 21.6 Å². The van der Waals surface area contributed by atoms with Crippen molar-refractivity contribution in [3.05, 3.63) is 102 Å². The number of carbonyl (C=O) groups excluding carboxylic acids is 1. The highest BCUT2D eigenvalue weighted by Gasteiger charge is 2.18. The summed E-state index contributed by atoms with van der Waals surface area (Å²) in [7, 11) is 0. The molecule has 0 saturated heterocycles. The number of amides is 1. The second kappa shape index (κ2) is 8.96. The molecule has 0 bridgehead atoms. The van der Waals surface area contributed by atoms with Crippen LogP contribution in [0.15, 0.2) is 85.2 Å². The summed E-state index contributed by atoms with van der Waals surface area (Å²) in [5, 5.41) is 2.85. The molecule has 30 heavy (non-hydrogen) atoms. The molecule has 0 aliphatic rings. The van der Waals surface area contributed by atoms with Crippen molar-refractivity contribution in [3.8, 4) is 23.0 Å². The number of aromatic nitrogens is 3. The molecule has 1 amide bonds. The van der Waals surface area contributed by atoms with E-state index in [0.29, 0.717) is 18.1 Å². The average molecular weight is 396 g/mol. The van der Waals surface area contributed by atoms with E-state index in [4.69, 9.17) is 4.74 Å². The Kier molecular flexibility index (Phi) is 5.75. The highest BCUT2D eigenvalue weighted by Crippen LogP contribution is 2.28. The van der Waals surface area contributed by atoms with Crippen LogP contribution in [-0.4, -0.2) is 20.9 Å². The molecule has 0 aliphatic carbocycles. The normalized spacial score (nSPS) is 10.4. The molecule has 2 aromatic carbocycles. The minimum Gasteiger partial charge on any atom is -0.438 e. The number of hydrogen-bond acceptors (Lipinski definition) is 5. The van der Waals surface area contributed by atoms with Crippen LogP contribution in [-0.2, 0) is 6.54 Å². The van der Waals surface area contributed by atoms with Gasteiger partial charge in [-0.25, -0.2) is 4.98 Å². The van der Waals surface area contributed by atoms with Crippen molar-refractivity contribution in [1.29, 1.82) is 0 Å². The summed E-state index contributed by atoms with van der Waals surface area (Å²) in [4.78, 5) is 26.0. The van der Waals surface area contributed by atoms with Crippen molar-refractivity contribution in [2.75, 3.05) is 0 Å². The van der Waals surface area contributed by atoms with Crippen molar-refractivity contribution in [2.45, 2.75) is 13.5 Å². The molecular formula is C24H20N4O2. The topological polar surface area (TPSA) is 77.0 Å². The molecular weight excluding hydrogens is 376 g/mol. The summed E-state index contributed by atoms with van der Waals surface area (Å²) in [6.07, 6.45) is 3.18. The summed E-state index contributed by atoms with van der Waals surface area (Å²) in [6, 6.07) is 22.7. The molecule has 6 nitrogen and oxygen atoms in total. The van der Waals surface area contributed by atoms with Gasteiger partial charge >= 0.3 is 0 Å². The zero-order valence-corrected chi connectivity index (χ0v) is 16.4. The molecule has 0 spiro atoms. The Hall–Kier alpha value is -4.06. The SMILES string of the molecule is Cc1ccccc1Oc1nc(-c2ccccc2)ncc1C(=O)NCc1ccccn1. The predicted octanol–water partition coefficient (Wildman–Crippen LogP) is 4.57. The fourth-order valence-electron chi connectivity index (χ4n) is 2.87. The van der Waals surface area contributed by atoms with E-state index >= 15 is 0 Å². The van der Waals surface area contributed by atoms with Gasteiger partial charge in [0.25, 0.3) is 5.91 Å². The molecule has 0 unspecified atom stereocenters. The average Bonchev–Trinajstić information content (AvgIpc) is 2.80. The standard InChI is InChI=1S/C24H20N4O2/c1-17-9-5-6-13-21(17)30-24-20(23(29)27-15-19-12-7-8-14-25-19)16-26-22(28-24)18-10-3-2-4-11-18/h2-14,16H,15H2,1H3,(H,27,29). The van der Waals surface area contributed by atoms with Crippen molar-refractivity contribution in [1.82, 2.24) is 20.3 Å². The number of aryl methyl sites for hydroxylation is 1. The molecule has 2 heterocycles. The van der Waals surface area contributed by atoms with Crippen LogP contribution in [0, 0.1) is 6.92 Å². The number of nitrogens with zero attached hydrogens (tertiary/aromatic N) is 3. The molecule has 6 heteroatoms. The molecule has 2 aromatic heterocycles. The van der Waals surface area contributed by atoms with Crippen LogP contribution in [0.5, 0.6) is 11.6 Å². The van der Waals surface area contributed by atoms with Crippen LogP contribution in [0.25, 0.3) is 11.4 Å². The summed E-state index contributed by atoms with van der Waals surface area (Å²) in [5.41, 5.74) is 2.80. The monoisotopic (exact) mass is 396 g/mol. The highest BCUT2D eigenvalue weighted by molar-refractivity contribution is 5.96. The van der Waals surface area contributed by atoms with Gasteiger partial charge in [0.05, 0.1) is 12.2 Å². The van der Waals surface area contributed by atoms with Gasteiger partial charge in [0.15, 0.2) is 5.82 Å². The van der Waals surface area contributed by atoms with E-state index in [9.17, 15) is 4.79 Å². The largest absolute Gasteiger partial charge is 0.438 e. The first-order valence-electron chi connectivity index (χ1n) is 9.55. The van der Waals surface area contributed by atoms with Gasteiger partial charge in [-0.3, -0.25) is 9.78 Å². The number of para-hydroxylation sites is 1. The second-order valence-electron chi connectivity index (χ2n) is 6.65. The van der Waals surface area contributed by atoms with E-state index in [-0.39, 0.29) is 17.4 Å². The van der Waals surface area contributed by atoms with E-state index in [1.165, 1.54) is 6.20 Å². The van der Waals surface area contributed by atoms with Crippen LogP contribution in [0.2, 0.25) is 0 Å². The van der Waals surface area contributed by atoms with Crippen LogP contribution < -0.4 is 10.1 Å². The Labute approximate surface area is 174 Å². The van der Waals surface area contributed by atoms with Gasteiger partial charge in [0.1, 0.15) is 11.3 Å². The minimum atomic E-state index is -0.330. The Bertz CT molecular complexity index is 1150. The van der Waals surface area contributed by atoms with E-state index < -0.39 is 0 Å². The zero-order chi connectivity index (χ0) is 20.8. The van der Waals surface area contributed by atoms with Crippen molar-refractivity contribution < 1.29 is 9.53 Å². The molecule has 4 aromatic rings. The first-order chi connectivity index (χ1) is 14.7. The number of hydrogen-bond donors (Lipinski definition) is 1. The van der Waals surface area contributed by atoms with E-state index in [1.807, 2.05) is 79.7 Å². The molecule has 0 fully saturated rings. The van der Waals surface area contributed by atoms with Gasteiger partial charge in [-0.1, -0.05) is 54.6 Å². The van der Waals surface area contributed by atoms with Crippen molar-refractivity contribution in [2.24, 2.45) is 0 Å². The van der Waals surface area contributed by atoms with Crippen LogP contribution in [0.3, 0.4) is 0 Å². The Balaban J connectivity index is 1.66. The number of ether oxygens (including phenoxy) is 1. The quantitative estimate of drug-likeness (QED) is 0.517. The Morgan fingerprint density at radius 1 is 0.933 bits per heavy atom. The van der Waals surface area contributed by atoms with E-state index in [0.717, 1.165) is 16.8 Å². The molecule has 0 atom stereocenters. The highest BCUT2D eigenvalue weighted by atomic mass is 16.5. The third-order valence-corrected chi connectivity index (χ3v) is 4.49. The first kappa shape index (κ1) is 19.3. The van der Waals surface area contributed by atoms with Gasteiger partial charge in [-0.05, 0) is 30.7 Å². The third-order valence-electron chi connectivity index (χ3n) is 4.49. The molecule has 0 radical (unpaired) electrons. The van der Waals surface area contributed by atoms with Gasteiger partial charge in [0, 0.05) is 18.0 Å². The lowest BCUT2D eigenvalue weighted by Gasteiger charge is -2.13. The minimum absolute atomic E-state index is 0.205. The number of carbonyl (C=O) groups is 1. The summed E-state index contributed by atoms with van der Waals surface area (Å²) in [6.45, 7) is 2.24. The maximum atomic E-state index is 12.9. The smallest absolute Gasteiger partial charge is 0.258 e. The lowest BCUT2D eigenvalue weighted by molar-refractivity contribution is 0.0947. The maximum absolute atomic E-state index is 12.9. The molecule has 1 N–H and O–H groups in total. The lowest BCUT2D eigenvalue weighted by atomic mass is 10.2. The van der Waals surface area contributed by atoms with Gasteiger partial charge in [-0.2, -0.15) is 4.98 Å². The molecule has 4 rings (SSSR count). The molecule has 148 valence electrons. The van der Waals surface area contributed by atoms with Crippen molar-refractivity contribution in [3.63, 3.8) is 0 Å². The van der Waals surface area contributed by atoms with E-state index in [1.54, 1.807) is 6.20 Å². The third kappa shape index (κ3) is 4.50. The molecule has 0 saturated carbocycles. The number of rotatable bonds is 6. The van der Waals surface area contributed by atoms with Gasteiger partial charge in [-0.15, -0.1) is 0 Å². The summed E-state index contributed by atoms with van der Waals surface area (Å²) < 4.78 is 6.05. The first-order valence-corrected chi connectivity index (χ1v) is 9.55. The predicted molar refractivity (Wildman–Crippen MR) is 114 cm³/mol. The van der Waals surface area contributed by atoms with Gasteiger partial charge in [0.2, 0.25) is 5.88 Å². The Morgan fingerprint density at radius 3 is 2.47 bits per heavy atom. The fraction of sp³-hybridized carbons (Fsp3) is 0.0833.